The molecule has 0 saturated carbocycles. The summed E-state index contributed by atoms with van der Waals surface area (Å²) in [5, 5.41) is 3.45. The minimum atomic E-state index is -0.323. The van der Waals surface area contributed by atoms with Gasteiger partial charge in [0.1, 0.15) is 11.3 Å². The maximum absolute atomic E-state index is 12.0. The molecule has 2 aromatic carbocycles. The Bertz CT molecular complexity index is 938. The van der Waals surface area contributed by atoms with E-state index in [9.17, 15) is 4.79 Å². The molecule has 25 heavy (non-hydrogen) atoms. The Morgan fingerprint density at radius 2 is 1.88 bits per heavy atom. The second kappa shape index (κ2) is 6.57. The van der Waals surface area contributed by atoms with Gasteiger partial charge in [-0.1, -0.05) is 18.2 Å². The molecule has 0 saturated heterocycles. The van der Waals surface area contributed by atoms with Crippen molar-refractivity contribution in [1.29, 1.82) is 0 Å². The second-order valence-electron chi connectivity index (χ2n) is 6.31. The third-order valence-corrected chi connectivity index (χ3v) is 4.70. The predicted octanol–water partition coefficient (Wildman–Crippen LogP) is 2.71. The highest BCUT2D eigenvalue weighted by Crippen LogP contribution is 2.27. The van der Waals surface area contributed by atoms with Gasteiger partial charge >= 0.3 is 0 Å². The third kappa shape index (κ3) is 3.08. The maximum atomic E-state index is 12.0. The van der Waals surface area contributed by atoms with E-state index in [0.29, 0.717) is 12.1 Å². The summed E-state index contributed by atoms with van der Waals surface area (Å²) >= 11 is 0. The van der Waals surface area contributed by atoms with E-state index in [4.69, 9.17) is 5.84 Å². The molecule has 0 aliphatic heterocycles. The van der Waals surface area contributed by atoms with Crippen LogP contribution in [0.3, 0.4) is 0 Å². The van der Waals surface area contributed by atoms with Gasteiger partial charge in [0.15, 0.2) is 0 Å². The fourth-order valence-electron chi connectivity index (χ4n) is 3.06. The van der Waals surface area contributed by atoms with Crippen LogP contribution in [-0.4, -0.2) is 15.5 Å². The number of anilines is 1. The summed E-state index contributed by atoms with van der Waals surface area (Å²) in [5.74, 6) is 5.87. The molecule has 1 amide bonds. The average molecular weight is 337 g/mol. The number of nitrogen functional groups attached to an aromatic ring is 1. The predicted molar refractivity (Wildman–Crippen MR) is 100 cm³/mol. The molecule has 0 aliphatic rings. The summed E-state index contributed by atoms with van der Waals surface area (Å²) in [5.41, 5.74) is 8.97. The standard InChI is InChI=1S/C19H23N5O/c1-11-6-5-7-12(2)15(11)10-21-16-8-14(19(25)23-20)9-17-18(16)22-13(3)24(17)4/h5-9,21H,10,20H2,1-4H3,(H,23,25). The molecule has 3 rings (SSSR count). The van der Waals surface area contributed by atoms with Crippen LogP contribution < -0.4 is 16.6 Å². The van der Waals surface area contributed by atoms with Crippen LogP contribution in [0, 0.1) is 20.8 Å². The van der Waals surface area contributed by atoms with E-state index in [2.05, 4.69) is 47.8 Å². The maximum Gasteiger partial charge on any atom is 0.265 e. The molecule has 130 valence electrons. The van der Waals surface area contributed by atoms with Crippen LogP contribution in [0.25, 0.3) is 11.0 Å². The van der Waals surface area contributed by atoms with Gasteiger partial charge in [-0.2, -0.15) is 0 Å². The molecule has 0 atom stereocenters. The molecule has 4 N–H and O–H groups in total. The van der Waals surface area contributed by atoms with Gasteiger partial charge in [-0.3, -0.25) is 10.2 Å². The van der Waals surface area contributed by atoms with Crippen molar-refractivity contribution >= 4 is 22.6 Å². The number of imidazole rings is 1. The van der Waals surface area contributed by atoms with Crippen LogP contribution in [0.4, 0.5) is 5.69 Å². The lowest BCUT2D eigenvalue weighted by Crippen LogP contribution is -2.30. The summed E-state index contributed by atoms with van der Waals surface area (Å²) in [6.07, 6.45) is 0. The number of nitrogens with zero attached hydrogens (tertiary/aromatic N) is 2. The second-order valence-corrected chi connectivity index (χ2v) is 6.31. The summed E-state index contributed by atoms with van der Waals surface area (Å²) in [6, 6.07) is 9.86. The van der Waals surface area contributed by atoms with E-state index in [-0.39, 0.29) is 5.91 Å². The minimum Gasteiger partial charge on any atom is -0.379 e. The molecule has 3 aromatic rings. The fraction of sp³-hybridized carbons (Fsp3) is 0.263. The first kappa shape index (κ1) is 17.0. The van der Waals surface area contributed by atoms with Gasteiger partial charge in [0.05, 0.1) is 11.2 Å². The van der Waals surface area contributed by atoms with E-state index >= 15 is 0 Å². The van der Waals surface area contributed by atoms with Gasteiger partial charge in [0.2, 0.25) is 0 Å². The van der Waals surface area contributed by atoms with Crippen LogP contribution in [0.5, 0.6) is 0 Å². The average Bonchev–Trinajstić information content (AvgIpc) is 2.88. The van der Waals surface area contributed by atoms with Gasteiger partial charge in [-0.05, 0) is 49.6 Å². The summed E-state index contributed by atoms with van der Waals surface area (Å²) in [4.78, 5) is 16.6. The number of amides is 1. The largest absolute Gasteiger partial charge is 0.379 e. The molecule has 1 heterocycles. The number of nitrogens with one attached hydrogen (secondary N) is 2. The number of hydrogen-bond donors (Lipinski definition) is 3. The Hall–Kier alpha value is -2.86. The molecular formula is C19H23N5O. The number of hydrazine groups is 1. The van der Waals surface area contributed by atoms with Crippen LogP contribution in [0.15, 0.2) is 30.3 Å². The van der Waals surface area contributed by atoms with E-state index in [1.165, 1.54) is 16.7 Å². The number of benzene rings is 2. The Kier molecular flexibility index (Phi) is 4.46. The Balaban J connectivity index is 2.05. The summed E-state index contributed by atoms with van der Waals surface area (Å²) in [6.45, 7) is 6.81. The number of rotatable bonds is 4. The minimum absolute atomic E-state index is 0.323. The zero-order valence-electron chi connectivity index (χ0n) is 15.0. The molecule has 6 nitrogen and oxygen atoms in total. The van der Waals surface area contributed by atoms with E-state index in [0.717, 1.165) is 22.5 Å². The summed E-state index contributed by atoms with van der Waals surface area (Å²) in [7, 11) is 1.93. The quantitative estimate of drug-likeness (QED) is 0.388. The molecule has 0 radical (unpaired) electrons. The van der Waals surface area contributed by atoms with Gasteiger partial charge in [-0.15, -0.1) is 0 Å². The number of hydrogen-bond acceptors (Lipinski definition) is 4. The SMILES string of the molecule is Cc1cccc(C)c1CNc1cc(C(=O)NN)cc2c1nc(C)n2C. The van der Waals surface area contributed by atoms with Crippen molar-refractivity contribution in [3.8, 4) is 0 Å². The van der Waals surface area contributed by atoms with E-state index in [1.807, 2.05) is 24.6 Å². The molecule has 1 aromatic heterocycles. The molecular weight excluding hydrogens is 314 g/mol. The van der Waals surface area contributed by atoms with Crippen molar-refractivity contribution in [2.75, 3.05) is 5.32 Å². The first-order chi connectivity index (χ1) is 11.9. The molecule has 6 heteroatoms. The van der Waals surface area contributed by atoms with Crippen LogP contribution >= 0.6 is 0 Å². The zero-order chi connectivity index (χ0) is 18.1. The third-order valence-electron chi connectivity index (χ3n) is 4.70. The van der Waals surface area contributed by atoms with Crippen molar-refractivity contribution in [3.63, 3.8) is 0 Å². The molecule has 0 bridgehead atoms. The van der Waals surface area contributed by atoms with Gasteiger partial charge in [0.25, 0.3) is 5.91 Å². The molecule has 0 fully saturated rings. The van der Waals surface area contributed by atoms with Crippen molar-refractivity contribution in [1.82, 2.24) is 15.0 Å². The Labute approximate surface area is 147 Å². The van der Waals surface area contributed by atoms with Crippen LogP contribution in [0.1, 0.15) is 32.9 Å². The van der Waals surface area contributed by atoms with E-state index in [1.54, 1.807) is 6.07 Å². The highest BCUT2D eigenvalue weighted by atomic mass is 16.2. The zero-order valence-corrected chi connectivity index (χ0v) is 15.0. The van der Waals surface area contributed by atoms with Crippen molar-refractivity contribution in [2.24, 2.45) is 12.9 Å². The number of aryl methyl sites for hydroxylation is 4. The number of carbonyl (C=O) groups excluding carboxylic acids is 1. The highest BCUT2D eigenvalue weighted by Gasteiger charge is 2.15. The monoisotopic (exact) mass is 337 g/mol. The number of carbonyl (C=O) groups is 1. The molecule has 0 unspecified atom stereocenters. The van der Waals surface area contributed by atoms with Crippen LogP contribution in [-0.2, 0) is 13.6 Å². The number of fused-ring (bicyclic) bond motifs is 1. The lowest BCUT2D eigenvalue weighted by Gasteiger charge is -2.13. The Morgan fingerprint density at radius 1 is 1.20 bits per heavy atom. The first-order valence-electron chi connectivity index (χ1n) is 8.19. The van der Waals surface area contributed by atoms with Gasteiger partial charge in [0, 0.05) is 19.2 Å². The normalized spacial score (nSPS) is 10.9. The van der Waals surface area contributed by atoms with Crippen molar-refractivity contribution < 1.29 is 4.79 Å². The lowest BCUT2D eigenvalue weighted by atomic mass is 10.0. The smallest absolute Gasteiger partial charge is 0.265 e. The first-order valence-corrected chi connectivity index (χ1v) is 8.19. The van der Waals surface area contributed by atoms with Crippen molar-refractivity contribution in [3.05, 3.63) is 58.4 Å². The Morgan fingerprint density at radius 3 is 2.52 bits per heavy atom. The van der Waals surface area contributed by atoms with Gasteiger partial charge < -0.3 is 9.88 Å². The highest BCUT2D eigenvalue weighted by molar-refractivity contribution is 6.01. The van der Waals surface area contributed by atoms with Crippen LogP contribution in [0.2, 0.25) is 0 Å². The van der Waals surface area contributed by atoms with Crippen molar-refractivity contribution in [2.45, 2.75) is 27.3 Å². The summed E-state index contributed by atoms with van der Waals surface area (Å²) < 4.78 is 1.97. The van der Waals surface area contributed by atoms with Gasteiger partial charge in [-0.25, -0.2) is 10.8 Å². The molecule has 0 aliphatic carbocycles. The topological polar surface area (TPSA) is 85.0 Å². The lowest BCUT2D eigenvalue weighted by molar-refractivity contribution is 0.0954. The number of aromatic nitrogens is 2. The van der Waals surface area contributed by atoms with E-state index < -0.39 is 0 Å². The number of nitrogens with two attached hydrogens (primary N) is 1. The fourth-order valence-corrected chi connectivity index (χ4v) is 3.06. The molecule has 0 spiro atoms.